The van der Waals surface area contributed by atoms with Crippen LogP contribution < -0.4 is 0 Å². The molecule has 1 N–H and O–H groups in total. The van der Waals surface area contributed by atoms with E-state index in [4.69, 9.17) is 5.11 Å². The Hall–Kier alpha value is -2.04. The zero-order chi connectivity index (χ0) is 9.26. The van der Waals surface area contributed by atoms with Crippen molar-refractivity contribution in [1.29, 1.82) is 0 Å². The Morgan fingerprint density at radius 1 is 1.31 bits per heavy atom. The van der Waals surface area contributed by atoms with Crippen molar-refractivity contribution in [2.24, 2.45) is 0 Å². The minimum atomic E-state index is -1.00. The molecule has 0 fully saturated rings. The number of carboxylic acid groups (broad SMARTS) is 1. The molecule has 13 heavy (non-hydrogen) atoms. The highest BCUT2D eigenvalue weighted by atomic mass is 16.4. The number of pyridine rings is 1. The van der Waals surface area contributed by atoms with Gasteiger partial charge in [0.05, 0.1) is 5.56 Å². The number of rotatable bonds is 1. The van der Waals surface area contributed by atoms with Gasteiger partial charge in [-0.3, -0.25) is 0 Å². The summed E-state index contributed by atoms with van der Waals surface area (Å²) in [6.45, 7) is 0. The van der Waals surface area contributed by atoms with Gasteiger partial charge in [0, 0.05) is 17.8 Å². The molecule has 5 nitrogen and oxygen atoms in total. The maximum absolute atomic E-state index is 10.6. The number of hydrogen-bond acceptors (Lipinski definition) is 4. The molecular weight excluding hydrogens is 170 g/mol. The van der Waals surface area contributed by atoms with Crippen molar-refractivity contribution in [3.8, 4) is 0 Å². The van der Waals surface area contributed by atoms with Gasteiger partial charge in [0.15, 0.2) is 5.65 Å². The highest BCUT2D eigenvalue weighted by Crippen LogP contribution is 2.08. The van der Waals surface area contributed by atoms with E-state index in [0.717, 1.165) is 0 Å². The van der Waals surface area contributed by atoms with Crippen molar-refractivity contribution >= 4 is 17.0 Å². The number of aromatic carboxylic acids is 1. The van der Waals surface area contributed by atoms with Crippen molar-refractivity contribution in [2.45, 2.75) is 0 Å². The van der Waals surface area contributed by atoms with Crippen molar-refractivity contribution in [3.63, 3.8) is 0 Å². The molecule has 5 heteroatoms. The van der Waals surface area contributed by atoms with Gasteiger partial charge >= 0.3 is 5.97 Å². The van der Waals surface area contributed by atoms with Crippen molar-refractivity contribution in [1.82, 2.24) is 15.0 Å². The Kier molecular flexibility index (Phi) is 1.63. The molecule has 2 aromatic heterocycles. The molecular formula is C8H5N3O2. The summed E-state index contributed by atoms with van der Waals surface area (Å²) in [6.07, 6.45) is 4.18. The van der Waals surface area contributed by atoms with Crippen molar-refractivity contribution in [2.75, 3.05) is 0 Å². The fourth-order valence-electron chi connectivity index (χ4n) is 0.996. The van der Waals surface area contributed by atoms with E-state index in [-0.39, 0.29) is 5.56 Å². The summed E-state index contributed by atoms with van der Waals surface area (Å²) < 4.78 is 0. The lowest BCUT2D eigenvalue weighted by Gasteiger charge is -1.95. The van der Waals surface area contributed by atoms with E-state index in [1.807, 2.05) is 0 Å². The summed E-state index contributed by atoms with van der Waals surface area (Å²) in [7, 11) is 0. The molecule has 0 radical (unpaired) electrons. The summed E-state index contributed by atoms with van der Waals surface area (Å²) in [5, 5.41) is 9.29. The minimum Gasteiger partial charge on any atom is -0.478 e. The molecule has 0 atom stereocenters. The molecule has 0 bridgehead atoms. The van der Waals surface area contributed by atoms with E-state index < -0.39 is 5.97 Å². The second kappa shape index (κ2) is 2.78. The van der Waals surface area contributed by atoms with E-state index in [1.165, 1.54) is 24.8 Å². The lowest BCUT2D eigenvalue weighted by molar-refractivity contribution is 0.0696. The van der Waals surface area contributed by atoms with Crippen LogP contribution in [-0.2, 0) is 0 Å². The third-order valence-corrected chi connectivity index (χ3v) is 1.60. The van der Waals surface area contributed by atoms with Crippen LogP contribution in [-0.4, -0.2) is 26.0 Å². The summed E-state index contributed by atoms with van der Waals surface area (Å²) >= 11 is 0. The van der Waals surface area contributed by atoms with Crippen LogP contribution in [0.4, 0.5) is 0 Å². The average molecular weight is 175 g/mol. The number of hydrogen-bond donors (Lipinski definition) is 1. The van der Waals surface area contributed by atoms with Crippen LogP contribution in [0.3, 0.4) is 0 Å². The Morgan fingerprint density at radius 2 is 2.15 bits per heavy atom. The first kappa shape index (κ1) is 7.60. The standard InChI is InChI=1S/C8H5N3O2/c12-8(13)6-1-5-2-9-4-11-7(5)10-3-6/h1-4H,(H,12,13). The maximum Gasteiger partial charge on any atom is 0.337 e. The van der Waals surface area contributed by atoms with Gasteiger partial charge in [-0.1, -0.05) is 0 Å². The predicted molar refractivity (Wildman–Crippen MR) is 44.3 cm³/mol. The van der Waals surface area contributed by atoms with Crippen LogP contribution >= 0.6 is 0 Å². The maximum atomic E-state index is 10.6. The van der Waals surface area contributed by atoms with E-state index >= 15 is 0 Å². The van der Waals surface area contributed by atoms with Crippen LogP contribution in [0.5, 0.6) is 0 Å². The molecule has 0 aliphatic heterocycles. The molecule has 0 saturated heterocycles. The molecule has 0 aliphatic carbocycles. The SMILES string of the molecule is O=C(O)c1cnc2ncncc2c1. The van der Waals surface area contributed by atoms with Gasteiger partial charge in [0.2, 0.25) is 0 Å². The molecule has 0 aliphatic rings. The average Bonchev–Trinajstić information content (AvgIpc) is 2.17. The fraction of sp³-hybridized carbons (Fsp3) is 0. The summed E-state index contributed by atoms with van der Waals surface area (Å²) in [4.78, 5) is 22.1. The number of nitrogens with zero attached hydrogens (tertiary/aromatic N) is 3. The van der Waals surface area contributed by atoms with Crippen LogP contribution in [0.25, 0.3) is 11.0 Å². The largest absolute Gasteiger partial charge is 0.478 e. The molecule has 0 aromatic carbocycles. The van der Waals surface area contributed by atoms with Gasteiger partial charge in [0.1, 0.15) is 6.33 Å². The molecule has 0 saturated carbocycles. The zero-order valence-electron chi connectivity index (χ0n) is 6.51. The van der Waals surface area contributed by atoms with Crippen LogP contribution in [0.1, 0.15) is 10.4 Å². The fourth-order valence-corrected chi connectivity index (χ4v) is 0.996. The molecule has 0 unspecified atom stereocenters. The smallest absolute Gasteiger partial charge is 0.337 e. The van der Waals surface area contributed by atoms with Gasteiger partial charge in [-0.15, -0.1) is 0 Å². The van der Waals surface area contributed by atoms with Crippen molar-refractivity contribution in [3.05, 3.63) is 30.4 Å². The first-order valence-corrected chi connectivity index (χ1v) is 3.56. The highest BCUT2D eigenvalue weighted by molar-refractivity contribution is 5.91. The summed E-state index contributed by atoms with van der Waals surface area (Å²) in [5.41, 5.74) is 0.641. The first-order valence-electron chi connectivity index (χ1n) is 3.56. The number of fused-ring (bicyclic) bond motifs is 1. The Bertz CT molecular complexity index is 470. The zero-order valence-corrected chi connectivity index (χ0v) is 6.51. The van der Waals surface area contributed by atoms with Gasteiger partial charge in [-0.25, -0.2) is 19.7 Å². The van der Waals surface area contributed by atoms with E-state index in [0.29, 0.717) is 11.0 Å². The quantitative estimate of drug-likeness (QED) is 0.691. The Morgan fingerprint density at radius 3 is 2.92 bits per heavy atom. The molecule has 0 spiro atoms. The molecule has 0 amide bonds. The van der Waals surface area contributed by atoms with Gasteiger partial charge in [0.25, 0.3) is 0 Å². The second-order valence-corrected chi connectivity index (χ2v) is 2.46. The lowest BCUT2D eigenvalue weighted by atomic mass is 10.2. The molecule has 2 rings (SSSR count). The molecule has 2 heterocycles. The van der Waals surface area contributed by atoms with E-state index in [2.05, 4.69) is 15.0 Å². The second-order valence-electron chi connectivity index (χ2n) is 2.46. The normalized spacial score (nSPS) is 10.2. The van der Waals surface area contributed by atoms with Crippen LogP contribution in [0, 0.1) is 0 Å². The topological polar surface area (TPSA) is 76.0 Å². The summed E-state index contributed by atoms with van der Waals surface area (Å²) in [5.74, 6) is -1.00. The van der Waals surface area contributed by atoms with E-state index in [9.17, 15) is 4.79 Å². The number of carbonyl (C=O) groups is 1. The van der Waals surface area contributed by atoms with Gasteiger partial charge in [-0.05, 0) is 6.07 Å². The minimum absolute atomic E-state index is 0.141. The Balaban J connectivity index is 2.69. The third kappa shape index (κ3) is 1.31. The number of aromatic nitrogens is 3. The van der Waals surface area contributed by atoms with E-state index in [1.54, 1.807) is 0 Å². The third-order valence-electron chi connectivity index (χ3n) is 1.60. The predicted octanol–water partition coefficient (Wildman–Crippen LogP) is 0.723. The number of carboxylic acids is 1. The first-order chi connectivity index (χ1) is 6.27. The van der Waals surface area contributed by atoms with Crippen LogP contribution in [0.15, 0.2) is 24.8 Å². The molecule has 64 valence electrons. The highest BCUT2D eigenvalue weighted by Gasteiger charge is 2.04. The van der Waals surface area contributed by atoms with Gasteiger partial charge in [-0.2, -0.15) is 0 Å². The van der Waals surface area contributed by atoms with Gasteiger partial charge < -0.3 is 5.11 Å². The summed E-state index contributed by atoms with van der Waals surface area (Å²) in [6, 6.07) is 1.49. The monoisotopic (exact) mass is 175 g/mol. The lowest BCUT2D eigenvalue weighted by Crippen LogP contribution is -1.97. The molecule has 2 aromatic rings. The van der Waals surface area contributed by atoms with Crippen LogP contribution in [0.2, 0.25) is 0 Å². The Labute approximate surface area is 73.1 Å². The van der Waals surface area contributed by atoms with Crippen molar-refractivity contribution < 1.29 is 9.90 Å².